The molecule has 57 heavy (non-hydrogen) atoms. The topological polar surface area (TPSA) is 140 Å². The number of halogens is 1. The Morgan fingerprint density at radius 3 is 2.61 bits per heavy atom. The number of fused-ring (bicyclic) bond motifs is 2. The van der Waals surface area contributed by atoms with E-state index in [2.05, 4.69) is 16.8 Å². The quantitative estimate of drug-likeness (QED) is 0.0609. The number of thioether (sulfide) groups is 1. The zero-order chi connectivity index (χ0) is 40.4. The second-order valence-corrected chi connectivity index (χ2v) is 17.6. The molecule has 0 aliphatic carbocycles. The van der Waals surface area contributed by atoms with Crippen molar-refractivity contribution in [2.24, 2.45) is 7.05 Å². The van der Waals surface area contributed by atoms with Crippen LogP contribution in [0.5, 0.6) is 5.75 Å². The van der Waals surface area contributed by atoms with E-state index in [0.717, 1.165) is 99.5 Å². The zero-order valence-electron chi connectivity index (χ0n) is 32.9. The third-order valence-corrected chi connectivity index (χ3v) is 12.5. The van der Waals surface area contributed by atoms with Crippen molar-refractivity contribution >= 4 is 61.1 Å². The van der Waals surface area contributed by atoms with E-state index in [0.29, 0.717) is 47.4 Å². The monoisotopic (exact) mass is 833 g/mol. The van der Waals surface area contributed by atoms with E-state index >= 15 is 0 Å². The third kappa shape index (κ3) is 8.75. The number of rotatable bonds is 15. The first-order valence-corrected chi connectivity index (χ1v) is 22.4. The maximum Gasteiger partial charge on any atom is 0.354 e. The Bertz CT molecular complexity index is 2550. The zero-order valence-corrected chi connectivity index (χ0v) is 35.3. The highest BCUT2D eigenvalue weighted by atomic mass is 35.5. The highest BCUT2D eigenvalue weighted by Crippen LogP contribution is 2.43. The van der Waals surface area contributed by atoms with Gasteiger partial charge in [-0.25, -0.2) is 9.48 Å². The van der Waals surface area contributed by atoms with Crippen LogP contribution in [0.1, 0.15) is 76.3 Å². The van der Waals surface area contributed by atoms with Gasteiger partial charge < -0.3 is 19.1 Å². The number of hydrogen-bond acceptors (Lipinski definition) is 10. The molecule has 1 N–H and O–H groups in total. The Labute approximate surface area is 342 Å². The average Bonchev–Trinajstić information content (AvgIpc) is 3.82. The van der Waals surface area contributed by atoms with E-state index in [1.165, 1.54) is 7.11 Å². The molecule has 302 valence electrons. The number of methoxy groups -OCH3 is 1. The molecule has 12 nitrogen and oxygen atoms in total. The fourth-order valence-corrected chi connectivity index (χ4v) is 9.49. The molecule has 1 aliphatic heterocycles. The number of aryl methyl sites for hydroxylation is 5. The van der Waals surface area contributed by atoms with E-state index in [-0.39, 0.29) is 18.6 Å². The lowest BCUT2D eigenvalue weighted by Gasteiger charge is -2.24. The Morgan fingerprint density at radius 2 is 1.86 bits per heavy atom. The van der Waals surface area contributed by atoms with Crippen LogP contribution < -0.4 is 0 Å². The van der Waals surface area contributed by atoms with Gasteiger partial charge in [0.1, 0.15) is 17.7 Å². The number of aromatic hydroxyl groups is 1. The van der Waals surface area contributed by atoms with Crippen molar-refractivity contribution in [1.29, 1.82) is 0 Å². The van der Waals surface area contributed by atoms with Crippen molar-refractivity contribution in [3.8, 4) is 16.9 Å². The summed E-state index contributed by atoms with van der Waals surface area (Å²) in [6, 6.07) is 17.7. The molecule has 1 unspecified atom stereocenters. The van der Waals surface area contributed by atoms with Crippen molar-refractivity contribution in [3.63, 3.8) is 0 Å². The highest BCUT2D eigenvalue weighted by molar-refractivity contribution is 7.97. The van der Waals surface area contributed by atoms with E-state index in [9.17, 15) is 18.3 Å². The van der Waals surface area contributed by atoms with E-state index in [1.807, 2.05) is 72.6 Å². The van der Waals surface area contributed by atoms with Crippen LogP contribution in [0.25, 0.3) is 32.8 Å². The van der Waals surface area contributed by atoms with Crippen LogP contribution in [0.3, 0.4) is 0 Å². The van der Waals surface area contributed by atoms with E-state index < -0.39 is 16.1 Å². The largest absolute Gasteiger partial charge is 0.507 e. The molecule has 1 atom stereocenters. The maximum absolute atomic E-state index is 13.2. The summed E-state index contributed by atoms with van der Waals surface area (Å²) in [6.07, 6.45) is 5.73. The number of nitrogens with zero attached hydrogens (tertiary/aromatic N) is 5. The molecule has 7 rings (SSSR count). The number of carbonyl (C=O) groups is 1. The predicted octanol–water partition coefficient (Wildman–Crippen LogP) is 8.44. The first-order valence-electron chi connectivity index (χ1n) is 19.1. The van der Waals surface area contributed by atoms with Crippen LogP contribution in [0.4, 0.5) is 0 Å². The SMILES string of the molecule is COC(=O)c1c(C)c2c(-c3c(CSCc4cc(CCc5cc(O)c6ccccc6c5)nn4C4CCCCO4)nn(C)c3C)c(Cl)ccc2n1CCCOS(C)(=O)=O. The fraction of sp³-hybridized carbons (Fsp3) is 0.405. The standard InChI is InChI=1S/C42H48ClN5O7S2/c1-26-38-35(47(41(26)42(50)53-4)18-10-20-55-57(5,51)52)17-16-33(43)40(38)39-27(2)46(3)45-34(39)25-56-24-31-23-30(44-48(31)37-13-8-9-19-54-37)15-14-28-21-29-11-6-7-12-32(29)36(49)22-28/h6-7,11-12,16-17,21-23,37,49H,8-10,13-15,18-20,24-25H2,1-5H3. The van der Waals surface area contributed by atoms with Crippen LogP contribution in [0.15, 0.2) is 54.6 Å². The molecule has 1 saturated heterocycles. The number of benzene rings is 3. The maximum atomic E-state index is 13.2. The minimum Gasteiger partial charge on any atom is -0.507 e. The van der Waals surface area contributed by atoms with Gasteiger partial charge in [-0.3, -0.25) is 8.86 Å². The van der Waals surface area contributed by atoms with Crippen molar-refractivity contribution < 1.29 is 32.0 Å². The molecule has 4 heterocycles. The predicted molar refractivity (Wildman–Crippen MR) is 224 cm³/mol. The molecular formula is C42H48ClN5O7S2. The Balaban J connectivity index is 1.17. The van der Waals surface area contributed by atoms with Gasteiger partial charge in [0.25, 0.3) is 10.1 Å². The van der Waals surface area contributed by atoms with Crippen LogP contribution in [-0.4, -0.2) is 70.2 Å². The normalized spacial score (nSPS) is 14.9. The number of esters is 1. The van der Waals surface area contributed by atoms with Crippen molar-refractivity contribution in [3.05, 3.63) is 99.2 Å². The number of ether oxygens (including phenoxy) is 2. The molecule has 0 spiro atoms. The van der Waals surface area contributed by atoms with Crippen LogP contribution in [-0.2, 0) is 61.7 Å². The van der Waals surface area contributed by atoms with Crippen molar-refractivity contribution in [2.75, 3.05) is 26.6 Å². The van der Waals surface area contributed by atoms with Gasteiger partial charge in [0.05, 0.1) is 37.1 Å². The smallest absolute Gasteiger partial charge is 0.354 e. The molecular weight excluding hydrogens is 786 g/mol. The second kappa shape index (κ2) is 17.3. The van der Waals surface area contributed by atoms with Crippen LogP contribution in [0.2, 0.25) is 5.02 Å². The van der Waals surface area contributed by atoms with Gasteiger partial charge in [0.2, 0.25) is 0 Å². The second-order valence-electron chi connectivity index (χ2n) is 14.6. The number of carbonyl (C=O) groups excluding carboxylic acids is 1. The summed E-state index contributed by atoms with van der Waals surface area (Å²) in [5.74, 6) is 1.05. The van der Waals surface area contributed by atoms with Gasteiger partial charge in [0.15, 0.2) is 0 Å². The summed E-state index contributed by atoms with van der Waals surface area (Å²) in [5.41, 5.74) is 8.45. The van der Waals surface area contributed by atoms with E-state index in [4.69, 9.17) is 35.5 Å². The summed E-state index contributed by atoms with van der Waals surface area (Å²) in [6.45, 7) is 4.90. The lowest BCUT2D eigenvalue weighted by Crippen LogP contribution is -2.21. The lowest BCUT2D eigenvalue weighted by molar-refractivity contribution is -0.0409. The van der Waals surface area contributed by atoms with Gasteiger partial charge in [0, 0.05) is 69.8 Å². The Morgan fingerprint density at radius 1 is 1.05 bits per heavy atom. The number of hydrogen-bond donors (Lipinski definition) is 1. The third-order valence-electron chi connectivity index (χ3n) is 10.6. The molecule has 0 radical (unpaired) electrons. The van der Waals surface area contributed by atoms with Gasteiger partial charge >= 0.3 is 5.97 Å². The molecule has 0 saturated carbocycles. The first-order chi connectivity index (χ1) is 27.3. The lowest BCUT2D eigenvalue weighted by atomic mass is 9.97. The molecule has 0 bridgehead atoms. The summed E-state index contributed by atoms with van der Waals surface area (Å²) in [7, 11) is -0.346. The van der Waals surface area contributed by atoms with Gasteiger partial charge in [-0.1, -0.05) is 41.9 Å². The van der Waals surface area contributed by atoms with Gasteiger partial charge in [-0.15, -0.1) is 11.8 Å². The number of phenols is 1. The van der Waals surface area contributed by atoms with Crippen molar-refractivity contribution in [2.45, 2.75) is 76.7 Å². The van der Waals surface area contributed by atoms with Crippen LogP contribution >= 0.6 is 23.4 Å². The summed E-state index contributed by atoms with van der Waals surface area (Å²) in [5, 5.41) is 23.9. The van der Waals surface area contributed by atoms with E-state index in [1.54, 1.807) is 11.8 Å². The fourth-order valence-electron chi connectivity index (χ4n) is 7.89. The molecule has 3 aromatic carbocycles. The van der Waals surface area contributed by atoms with Crippen molar-refractivity contribution in [1.82, 2.24) is 24.1 Å². The molecule has 3 aromatic heterocycles. The molecule has 6 aromatic rings. The summed E-state index contributed by atoms with van der Waals surface area (Å²) < 4.78 is 45.4. The molecule has 15 heteroatoms. The minimum absolute atomic E-state index is 0.0238. The van der Waals surface area contributed by atoms with Gasteiger partial charge in [-0.2, -0.15) is 18.6 Å². The minimum atomic E-state index is -3.60. The Hall–Kier alpha value is -4.34. The average molecular weight is 834 g/mol. The Kier molecular flexibility index (Phi) is 12.4. The van der Waals surface area contributed by atoms with Gasteiger partial charge in [-0.05, 0) is 93.2 Å². The number of phenolic OH excluding ortho intramolecular Hbond substituents is 1. The van der Waals surface area contributed by atoms with Crippen LogP contribution in [0, 0.1) is 13.8 Å². The number of aromatic nitrogens is 5. The summed E-state index contributed by atoms with van der Waals surface area (Å²) in [4.78, 5) is 13.2. The summed E-state index contributed by atoms with van der Waals surface area (Å²) >= 11 is 8.81. The molecule has 0 amide bonds. The molecule has 1 aliphatic rings. The first kappa shape index (κ1) is 40.8. The molecule has 1 fully saturated rings. The highest BCUT2D eigenvalue weighted by Gasteiger charge is 2.28.